The summed E-state index contributed by atoms with van der Waals surface area (Å²) in [6.07, 6.45) is 10.4. The lowest BCUT2D eigenvalue weighted by Gasteiger charge is -2.23. The highest BCUT2D eigenvalue weighted by Gasteiger charge is 2.29. The van der Waals surface area contributed by atoms with Gasteiger partial charge in [-0.3, -0.25) is 14.8 Å². The van der Waals surface area contributed by atoms with Crippen LogP contribution in [0.5, 0.6) is 0 Å². The average Bonchev–Trinajstić information content (AvgIpc) is 3.33. The van der Waals surface area contributed by atoms with Gasteiger partial charge in [-0.05, 0) is 37.5 Å². The number of benzene rings is 1. The molecule has 0 bridgehead atoms. The molecular weight excluding hydrogens is 492 g/mol. The Kier molecular flexibility index (Phi) is 8.27. The lowest BCUT2D eigenvalue weighted by molar-refractivity contribution is -0.138. The number of carboxylic acids is 1. The van der Waals surface area contributed by atoms with Crippen LogP contribution in [0.4, 0.5) is 5.95 Å². The summed E-state index contributed by atoms with van der Waals surface area (Å²) >= 11 is 2.75. The lowest BCUT2D eigenvalue weighted by atomic mass is 10.1. The van der Waals surface area contributed by atoms with Crippen molar-refractivity contribution in [3.63, 3.8) is 0 Å². The molecule has 0 spiro atoms. The molecule has 0 unspecified atom stereocenters. The van der Waals surface area contributed by atoms with Crippen molar-refractivity contribution in [2.45, 2.75) is 49.2 Å². The summed E-state index contributed by atoms with van der Waals surface area (Å²) in [4.78, 5) is 36.1. The predicted molar refractivity (Wildman–Crippen MR) is 143 cm³/mol. The molecule has 0 aliphatic heterocycles. The highest BCUT2D eigenvalue weighted by molar-refractivity contribution is 8.03. The second kappa shape index (κ2) is 11.6. The van der Waals surface area contributed by atoms with Gasteiger partial charge in [-0.1, -0.05) is 36.9 Å². The second-order valence-corrected chi connectivity index (χ2v) is 11.5. The summed E-state index contributed by atoms with van der Waals surface area (Å²) in [5, 5.41) is 11.4. The first-order valence-electron chi connectivity index (χ1n) is 11.6. The van der Waals surface area contributed by atoms with E-state index in [1.165, 1.54) is 23.1 Å². The number of carboxylic acid groups (broad SMARTS) is 1. The third kappa shape index (κ3) is 6.64. The molecule has 0 amide bonds. The van der Waals surface area contributed by atoms with Crippen LogP contribution in [-0.4, -0.2) is 47.3 Å². The zero-order chi connectivity index (χ0) is 25.5. The van der Waals surface area contributed by atoms with Crippen molar-refractivity contribution in [3.05, 3.63) is 77.5 Å². The summed E-state index contributed by atoms with van der Waals surface area (Å²) in [5.74, 6) is -0.194. The first-order valence-corrected chi connectivity index (χ1v) is 13.3. The van der Waals surface area contributed by atoms with Crippen LogP contribution < -0.4 is 4.90 Å². The van der Waals surface area contributed by atoms with Gasteiger partial charge in [-0.15, -0.1) is 11.3 Å². The fourth-order valence-electron chi connectivity index (χ4n) is 3.40. The smallest absolute Gasteiger partial charge is 0.319 e. The van der Waals surface area contributed by atoms with Gasteiger partial charge >= 0.3 is 5.97 Å². The van der Waals surface area contributed by atoms with Gasteiger partial charge in [0.25, 0.3) is 0 Å². The molecule has 0 aliphatic carbocycles. The molecule has 0 radical (unpaired) electrons. The number of aliphatic carboxylic acids is 1. The van der Waals surface area contributed by atoms with E-state index in [-0.39, 0.29) is 0 Å². The Balaban J connectivity index is 1.52. The molecule has 186 valence electrons. The molecule has 0 atom stereocenters. The molecule has 4 aromatic rings. The zero-order valence-corrected chi connectivity index (χ0v) is 22.1. The van der Waals surface area contributed by atoms with Gasteiger partial charge in [0.15, 0.2) is 4.34 Å². The SMILES string of the molecule is CCc1cnc(N(CCc2csc(SC(C)(C)C(=O)O)n2)Cc2cccc(-c3cnccn3)c2)nc1. The first-order chi connectivity index (χ1) is 17.3. The van der Waals surface area contributed by atoms with E-state index in [1.54, 1.807) is 32.4 Å². The quantitative estimate of drug-likeness (QED) is 0.269. The monoisotopic (exact) mass is 520 g/mol. The number of hydrogen-bond acceptors (Lipinski definition) is 9. The predicted octanol–water partition coefficient (Wildman–Crippen LogP) is 5.16. The number of thioether (sulfide) groups is 1. The van der Waals surface area contributed by atoms with Crippen LogP contribution >= 0.6 is 23.1 Å². The van der Waals surface area contributed by atoms with Crippen LogP contribution in [0, 0.1) is 0 Å². The Morgan fingerprint density at radius 2 is 1.92 bits per heavy atom. The highest BCUT2D eigenvalue weighted by Crippen LogP contribution is 2.34. The largest absolute Gasteiger partial charge is 0.480 e. The van der Waals surface area contributed by atoms with Gasteiger partial charge < -0.3 is 10.0 Å². The first kappa shape index (κ1) is 25.7. The molecule has 0 aliphatic rings. The van der Waals surface area contributed by atoms with Crippen LogP contribution in [0.2, 0.25) is 0 Å². The van der Waals surface area contributed by atoms with E-state index in [0.29, 0.717) is 25.5 Å². The topological polar surface area (TPSA) is 105 Å². The fraction of sp³-hybridized carbons (Fsp3) is 0.308. The Morgan fingerprint density at radius 3 is 2.61 bits per heavy atom. The lowest BCUT2D eigenvalue weighted by Crippen LogP contribution is -2.27. The second-order valence-electron chi connectivity index (χ2n) is 8.73. The fourth-order valence-corrected chi connectivity index (χ4v) is 5.63. The summed E-state index contributed by atoms with van der Waals surface area (Å²) < 4.78 is -0.173. The van der Waals surface area contributed by atoms with Gasteiger partial charge in [0, 0.05) is 55.2 Å². The van der Waals surface area contributed by atoms with Crippen molar-refractivity contribution in [2.24, 2.45) is 0 Å². The molecule has 0 fully saturated rings. The van der Waals surface area contributed by atoms with E-state index in [9.17, 15) is 9.90 Å². The number of hydrogen-bond donors (Lipinski definition) is 1. The Morgan fingerprint density at radius 1 is 1.11 bits per heavy atom. The molecule has 8 nitrogen and oxygen atoms in total. The minimum absolute atomic E-state index is 0.622. The normalized spacial score (nSPS) is 11.4. The van der Waals surface area contributed by atoms with Crippen molar-refractivity contribution >= 4 is 35.0 Å². The van der Waals surface area contributed by atoms with Gasteiger partial charge in [0.05, 0.1) is 17.6 Å². The molecule has 0 saturated carbocycles. The number of rotatable bonds is 11. The van der Waals surface area contributed by atoms with Crippen LogP contribution in [0.15, 0.2) is 65.0 Å². The zero-order valence-electron chi connectivity index (χ0n) is 20.5. The van der Waals surface area contributed by atoms with Crippen molar-refractivity contribution in [1.29, 1.82) is 0 Å². The van der Waals surface area contributed by atoms with Crippen LogP contribution in [0.3, 0.4) is 0 Å². The molecular formula is C26H28N6O2S2. The average molecular weight is 521 g/mol. The Labute approximate surface area is 218 Å². The van der Waals surface area contributed by atoms with E-state index in [0.717, 1.165) is 38.8 Å². The Hall–Kier alpha value is -3.37. The number of carbonyl (C=O) groups is 1. The standard InChI is InChI=1S/C26H28N6O2S2/c1-4-18-13-29-24(30-14-18)32(11-8-21-17-35-25(31-21)36-26(2,3)23(33)34)16-19-6-5-7-20(12-19)22-15-27-9-10-28-22/h5-7,9-10,12-15,17H,4,8,11,16H2,1-3H3,(H,33,34). The molecule has 0 saturated heterocycles. The van der Waals surface area contributed by atoms with E-state index >= 15 is 0 Å². The van der Waals surface area contributed by atoms with Crippen molar-refractivity contribution < 1.29 is 9.90 Å². The minimum Gasteiger partial charge on any atom is -0.480 e. The number of aryl methyl sites for hydroxylation is 1. The Bertz CT molecular complexity index is 1300. The highest BCUT2D eigenvalue weighted by atomic mass is 32.2. The van der Waals surface area contributed by atoms with E-state index in [4.69, 9.17) is 0 Å². The third-order valence-corrected chi connectivity index (χ3v) is 7.74. The molecule has 1 N–H and O–H groups in total. The molecule has 10 heteroatoms. The van der Waals surface area contributed by atoms with Crippen LogP contribution in [-0.2, 0) is 24.2 Å². The number of thiazole rings is 1. The summed E-state index contributed by atoms with van der Waals surface area (Å²) in [7, 11) is 0. The minimum atomic E-state index is -0.926. The molecule has 36 heavy (non-hydrogen) atoms. The molecule has 3 heterocycles. The van der Waals surface area contributed by atoms with Gasteiger partial charge in [0.2, 0.25) is 5.95 Å². The van der Waals surface area contributed by atoms with Crippen molar-refractivity contribution in [3.8, 4) is 11.3 Å². The number of aromatic nitrogens is 5. The summed E-state index contributed by atoms with van der Waals surface area (Å²) in [5.41, 5.74) is 4.95. The molecule has 4 rings (SSSR count). The maximum absolute atomic E-state index is 11.5. The summed E-state index contributed by atoms with van der Waals surface area (Å²) in [6, 6.07) is 8.24. The van der Waals surface area contributed by atoms with Crippen molar-refractivity contribution in [1.82, 2.24) is 24.9 Å². The molecule has 1 aromatic carbocycles. The number of nitrogens with zero attached hydrogens (tertiary/aromatic N) is 6. The van der Waals surface area contributed by atoms with E-state index in [1.807, 2.05) is 29.9 Å². The third-order valence-electron chi connectivity index (χ3n) is 5.57. The van der Waals surface area contributed by atoms with Crippen LogP contribution in [0.25, 0.3) is 11.3 Å². The van der Waals surface area contributed by atoms with Gasteiger partial charge in [-0.2, -0.15) is 0 Å². The number of anilines is 1. The van der Waals surface area contributed by atoms with Crippen molar-refractivity contribution in [2.75, 3.05) is 11.4 Å². The molecule has 3 aromatic heterocycles. The summed E-state index contributed by atoms with van der Waals surface area (Å²) in [6.45, 7) is 6.75. The maximum atomic E-state index is 11.5. The van der Waals surface area contributed by atoms with E-state index < -0.39 is 10.7 Å². The van der Waals surface area contributed by atoms with Gasteiger partial charge in [-0.25, -0.2) is 15.0 Å². The van der Waals surface area contributed by atoms with E-state index in [2.05, 4.69) is 48.9 Å². The van der Waals surface area contributed by atoms with Crippen LogP contribution in [0.1, 0.15) is 37.6 Å². The van der Waals surface area contributed by atoms with Gasteiger partial charge in [0.1, 0.15) is 4.75 Å². The maximum Gasteiger partial charge on any atom is 0.319 e.